The molecule has 3 fully saturated rings. The lowest BCUT2D eigenvalue weighted by molar-refractivity contribution is -0.151. The predicted octanol–water partition coefficient (Wildman–Crippen LogP) is 7.55. The molecular weight excluding hydrogens is 737 g/mol. The van der Waals surface area contributed by atoms with Crippen LogP contribution in [0, 0.1) is 46.3 Å². The van der Waals surface area contributed by atoms with Crippen LogP contribution in [0.25, 0.3) is 0 Å². The van der Waals surface area contributed by atoms with Crippen LogP contribution in [0.5, 0.6) is 0 Å². The van der Waals surface area contributed by atoms with E-state index in [1.807, 2.05) is 0 Å². The van der Waals surface area contributed by atoms with Gasteiger partial charge in [0.15, 0.2) is 0 Å². The van der Waals surface area contributed by atoms with Crippen molar-refractivity contribution in [2.24, 2.45) is 46.3 Å². The Kier molecular flexibility index (Phi) is 19.9. The maximum atomic E-state index is 13.2. The minimum atomic E-state index is -0.654. The topological polar surface area (TPSA) is 138 Å². The second-order valence-corrected chi connectivity index (χ2v) is 18.6. The highest BCUT2D eigenvalue weighted by molar-refractivity contribution is 5.88. The van der Waals surface area contributed by atoms with Crippen LogP contribution in [0.4, 0.5) is 0 Å². The van der Waals surface area contributed by atoms with Crippen LogP contribution in [0.1, 0.15) is 131 Å². The third kappa shape index (κ3) is 13.7. The van der Waals surface area contributed by atoms with Gasteiger partial charge in [-0.15, -0.1) is 0 Å². The van der Waals surface area contributed by atoms with E-state index in [4.69, 9.17) is 23.7 Å². The van der Waals surface area contributed by atoms with E-state index in [9.17, 15) is 19.2 Å². The van der Waals surface area contributed by atoms with Gasteiger partial charge < -0.3 is 34.3 Å². The van der Waals surface area contributed by atoms with Gasteiger partial charge in [-0.05, 0) is 85.4 Å². The van der Waals surface area contributed by atoms with Crippen LogP contribution in [-0.2, 0) is 42.9 Å². The molecular formula is C47H78N2O9. The third-order valence-electron chi connectivity index (χ3n) is 14.2. The maximum Gasteiger partial charge on any atom is 0.306 e. The van der Waals surface area contributed by atoms with E-state index >= 15 is 0 Å². The lowest BCUT2D eigenvalue weighted by atomic mass is 9.50. The Morgan fingerprint density at radius 3 is 2.22 bits per heavy atom. The summed E-state index contributed by atoms with van der Waals surface area (Å²) >= 11 is 0. The molecule has 0 aromatic rings. The van der Waals surface area contributed by atoms with Gasteiger partial charge in [-0.2, -0.15) is 0 Å². The quantitative estimate of drug-likeness (QED) is 0.0636. The molecule has 11 heteroatoms. The van der Waals surface area contributed by atoms with Gasteiger partial charge in [0.25, 0.3) is 0 Å². The summed E-state index contributed by atoms with van der Waals surface area (Å²) in [4.78, 5) is 51.7. The predicted molar refractivity (Wildman–Crippen MR) is 226 cm³/mol. The van der Waals surface area contributed by atoms with Crippen molar-refractivity contribution in [2.75, 3.05) is 67.0 Å². The number of nitrogens with one attached hydrogen (secondary N) is 2. The van der Waals surface area contributed by atoms with E-state index in [1.165, 1.54) is 50.5 Å². The fourth-order valence-electron chi connectivity index (χ4n) is 10.8. The Morgan fingerprint density at radius 2 is 1.50 bits per heavy atom. The van der Waals surface area contributed by atoms with Crippen molar-refractivity contribution in [2.45, 2.75) is 137 Å². The zero-order chi connectivity index (χ0) is 42.1. The number of allylic oxidation sites excluding steroid dienone is 3. The van der Waals surface area contributed by atoms with Crippen molar-refractivity contribution < 1.29 is 42.9 Å². The van der Waals surface area contributed by atoms with Crippen molar-refractivity contribution >= 4 is 23.6 Å². The summed E-state index contributed by atoms with van der Waals surface area (Å²) in [5.74, 6) is 1.93. The molecule has 58 heavy (non-hydrogen) atoms. The molecule has 4 rings (SSSR count). The summed E-state index contributed by atoms with van der Waals surface area (Å²) in [6.07, 6.45) is 16.9. The molecule has 2 N–H and O–H groups in total. The van der Waals surface area contributed by atoms with Gasteiger partial charge in [0, 0.05) is 58.9 Å². The number of rotatable bonds is 27. The largest absolute Gasteiger partial charge is 0.462 e. The Labute approximate surface area is 349 Å². The van der Waals surface area contributed by atoms with Crippen LogP contribution in [0.2, 0.25) is 0 Å². The number of methoxy groups -OCH3 is 2. The monoisotopic (exact) mass is 815 g/mol. The summed E-state index contributed by atoms with van der Waals surface area (Å²) in [7, 11) is 3.18. The lowest BCUT2D eigenvalue weighted by Crippen LogP contribution is -2.46. The highest BCUT2D eigenvalue weighted by atomic mass is 16.5. The molecule has 11 nitrogen and oxygen atoms in total. The van der Waals surface area contributed by atoms with E-state index in [2.05, 4.69) is 57.4 Å². The molecule has 4 aliphatic carbocycles. The highest BCUT2D eigenvalue weighted by Crippen LogP contribution is 2.66. The molecule has 0 aliphatic heterocycles. The average molecular weight is 815 g/mol. The van der Waals surface area contributed by atoms with Crippen molar-refractivity contribution in [1.29, 1.82) is 0 Å². The molecule has 0 bridgehead atoms. The Morgan fingerprint density at radius 1 is 0.759 bits per heavy atom. The first-order valence-corrected chi connectivity index (χ1v) is 22.6. The maximum absolute atomic E-state index is 13.2. The normalized spacial score (nSPS) is 27.4. The molecule has 330 valence electrons. The van der Waals surface area contributed by atoms with Crippen LogP contribution in [0.3, 0.4) is 0 Å². The second kappa shape index (κ2) is 24.0. The van der Waals surface area contributed by atoms with Gasteiger partial charge in [-0.3, -0.25) is 19.2 Å². The lowest BCUT2D eigenvalue weighted by Gasteiger charge is -2.55. The summed E-state index contributed by atoms with van der Waals surface area (Å²) in [5, 5.41) is 5.66. The number of hydrogen-bond acceptors (Lipinski definition) is 9. The van der Waals surface area contributed by atoms with Gasteiger partial charge in [0.2, 0.25) is 11.8 Å². The van der Waals surface area contributed by atoms with Crippen LogP contribution in [0.15, 0.2) is 23.3 Å². The van der Waals surface area contributed by atoms with E-state index in [-0.39, 0.29) is 86.9 Å². The van der Waals surface area contributed by atoms with E-state index in [0.717, 1.165) is 37.0 Å². The highest BCUT2D eigenvalue weighted by Gasteiger charge is 2.57. The number of hydrogen-bond donors (Lipinski definition) is 2. The fourth-order valence-corrected chi connectivity index (χ4v) is 10.8. The number of carbonyl (C=O) groups is 4. The summed E-state index contributed by atoms with van der Waals surface area (Å²) in [5.41, 5.74) is 3.60. The summed E-state index contributed by atoms with van der Waals surface area (Å²) < 4.78 is 26.8. The van der Waals surface area contributed by atoms with Gasteiger partial charge in [-0.1, -0.05) is 77.2 Å². The smallest absolute Gasteiger partial charge is 0.306 e. The third-order valence-corrected chi connectivity index (χ3v) is 14.2. The molecule has 0 aromatic heterocycles. The van der Waals surface area contributed by atoms with Crippen molar-refractivity contribution in [3.05, 3.63) is 23.3 Å². The summed E-state index contributed by atoms with van der Waals surface area (Å²) in [6.45, 7) is 15.1. The second-order valence-electron chi connectivity index (χ2n) is 18.6. The summed E-state index contributed by atoms with van der Waals surface area (Å²) in [6, 6.07) is 0. The zero-order valence-electron chi connectivity index (χ0n) is 37.1. The number of Topliss-reactive ketones (excluding diaryl/α,β-unsaturated/α-hetero) is 1. The minimum absolute atomic E-state index is 0.00666. The molecule has 0 heterocycles. The van der Waals surface area contributed by atoms with Crippen molar-refractivity contribution in [1.82, 2.24) is 10.6 Å². The molecule has 0 spiro atoms. The number of ether oxygens (including phenoxy) is 5. The van der Waals surface area contributed by atoms with Crippen LogP contribution in [-0.4, -0.2) is 96.6 Å². The van der Waals surface area contributed by atoms with E-state index < -0.39 is 5.92 Å². The number of fused-ring (bicyclic) bond motifs is 5. The fraction of sp³-hybridized carbons (Fsp3) is 0.830. The Hall–Kier alpha value is -2.60. The molecule has 8 atom stereocenters. The first-order valence-electron chi connectivity index (χ1n) is 22.6. The average Bonchev–Trinajstić information content (AvgIpc) is 3.55. The Bertz CT molecular complexity index is 1400. The van der Waals surface area contributed by atoms with E-state index in [1.54, 1.807) is 19.8 Å². The molecule has 0 saturated heterocycles. The number of amides is 2. The van der Waals surface area contributed by atoms with Crippen molar-refractivity contribution in [3.8, 4) is 0 Å². The SMILES string of the molecule is COCCOCCNC(=O)C(CCNC(=O)CCOCCOC)CC(=O)CCC(=O)O[C@H]1CC[C@@]2(C)C(=CC=C3C4CCC([C@H](C)CCCC(C)C)[C@@]4(C)CCC32)C1. The van der Waals surface area contributed by atoms with E-state index in [0.29, 0.717) is 50.3 Å². The number of carbonyl (C=O) groups excluding carboxylic acids is 4. The molecule has 2 amide bonds. The minimum Gasteiger partial charge on any atom is -0.462 e. The molecule has 0 radical (unpaired) electrons. The molecule has 0 aromatic carbocycles. The molecule has 3 saturated carbocycles. The standard InChI is InChI=1S/C47H78N2O9/c1-33(2)9-8-10-34(3)40-14-15-41-39-13-11-36-32-38(17-21-46(36,4)42(39)18-22-47(40,41)5)58-44(52)16-12-37(50)31-35(45(53)49-24-26-57-30-28-55-7)19-23-48-43(51)20-25-56-29-27-54-6/h11,13,33-35,38,40-42H,8-10,12,14-32H2,1-7H3,(H,48,51)(H,49,53)/t34-,35?,38+,40?,41?,42?,46+,47-/m1/s1. The van der Waals surface area contributed by atoms with Gasteiger partial charge in [0.1, 0.15) is 11.9 Å². The van der Waals surface area contributed by atoms with Crippen molar-refractivity contribution in [3.63, 3.8) is 0 Å². The number of esters is 1. The number of ketones is 1. The Balaban J connectivity index is 1.25. The van der Waals surface area contributed by atoms with Gasteiger partial charge >= 0.3 is 5.97 Å². The van der Waals surface area contributed by atoms with Gasteiger partial charge in [-0.25, -0.2) is 0 Å². The van der Waals surface area contributed by atoms with Crippen LogP contribution >= 0.6 is 0 Å². The van der Waals surface area contributed by atoms with Crippen LogP contribution < -0.4 is 10.6 Å². The zero-order valence-corrected chi connectivity index (χ0v) is 37.1. The molecule has 4 aliphatic rings. The first-order chi connectivity index (χ1) is 27.8. The molecule has 4 unspecified atom stereocenters. The van der Waals surface area contributed by atoms with Gasteiger partial charge in [0.05, 0.1) is 46.1 Å². The first kappa shape index (κ1) is 48.1.